The Labute approximate surface area is 147 Å². The van der Waals surface area contributed by atoms with Gasteiger partial charge in [-0.15, -0.1) is 0 Å². The highest BCUT2D eigenvalue weighted by Gasteiger charge is 2.02. The van der Waals surface area contributed by atoms with Crippen LogP contribution in [0.2, 0.25) is 0 Å². The van der Waals surface area contributed by atoms with Gasteiger partial charge in [-0.2, -0.15) is 0 Å². The molecule has 0 fully saturated rings. The minimum atomic E-state index is -0.449. The summed E-state index contributed by atoms with van der Waals surface area (Å²) in [7, 11) is 1.56. The monoisotopic (exact) mass is 339 g/mol. The van der Waals surface area contributed by atoms with Crippen molar-refractivity contribution < 1.29 is 19.1 Å². The van der Waals surface area contributed by atoms with Crippen molar-refractivity contribution in [2.75, 3.05) is 13.7 Å². The molecule has 0 aromatic heterocycles. The number of nitrogens with one attached hydrogen (secondary N) is 1. The van der Waals surface area contributed by atoms with Crippen LogP contribution in [0.5, 0.6) is 5.75 Å². The number of carbonyl (C=O) groups excluding carboxylic acids is 2. The van der Waals surface area contributed by atoms with E-state index in [1.165, 1.54) is 0 Å². The van der Waals surface area contributed by atoms with E-state index >= 15 is 0 Å². The van der Waals surface area contributed by atoms with Gasteiger partial charge in [-0.05, 0) is 29.7 Å². The lowest BCUT2D eigenvalue weighted by Gasteiger charge is -2.06. The standard InChI is InChI=1S/C20H21NO4/c1-24-19-11-10-17(18(13-19)14-22)9-5-6-12-21-20(23)25-15-16-7-3-2-4-8-16/h2-5,7-11,13-14H,6,12,15H2,1H3,(H,21,23). The number of alkyl carbamates (subject to hydrolysis) is 1. The van der Waals surface area contributed by atoms with Crippen LogP contribution in [0, 0.1) is 0 Å². The summed E-state index contributed by atoms with van der Waals surface area (Å²) in [6.07, 6.45) is 4.72. The molecule has 2 aromatic rings. The highest BCUT2D eigenvalue weighted by molar-refractivity contribution is 5.82. The number of hydrogen-bond donors (Lipinski definition) is 1. The van der Waals surface area contributed by atoms with Crippen molar-refractivity contribution in [1.82, 2.24) is 5.32 Å². The van der Waals surface area contributed by atoms with Gasteiger partial charge in [0.1, 0.15) is 12.4 Å². The van der Waals surface area contributed by atoms with Gasteiger partial charge in [-0.1, -0.05) is 48.6 Å². The first-order valence-corrected chi connectivity index (χ1v) is 7.97. The average molecular weight is 339 g/mol. The van der Waals surface area contributed by atoms with Gasteiger partial charge in [-0.25, -0.2) is 4.79 Å². The Balaban J connectivity index is 1.72. The second kappa shape index (κ2) is 9.93. The molecular weight excluding hydrogens is 318 g/mol. The zero-order valence-corrected chi connectivity index (χ0v) is 14.1. The number of aldehydes is 1. The predicted octanol–water partition coefficient (Wildman–Crippen LogP) is 3.84. The molecule has 0 saturated heterocycles. The van der Waals surface area contributed by atoms with Gasteiger partial charge < -0.3 is 14.8 Å². The Hall–Kier alpha value is -3.08. The number of ether oxygens (including phenoxy) is 2. The minimum absolute atomic E-state index is 0.247. The van der Waals surface area contributed by atoms with Crippen LogP contribution >= 0.6 is 0 Å². The second-order valence-corrected chi connectivity index (χ2v) is 5.29. The first-order chi connectivity index (χ1) is 12.2. The zero-order chi connectivity index (χ0) is 17.9. The Morgan fingerprint density at radius 2 is 1.92 bits per heavy atom. The molecule has 0 heterocycles. The van der Waals surface area contributed by atoms with E-state index in [4.69, 9.17) is 9.47 Å². The van der Waals surface area contributed by atoms with E-state index in [0.717, 1.165) is 17.4 Å². The maximum Gasteiger partial charge on any atom is 0.407 e. The molecule has 2 rings (SSSR count). The SMILES string of the molecule is COc1ccc(C=CCCNC(=O)OCc2ccccc2)c(C=O)c1. The fourth-order valence-corrected chi connectivity index (χ4v) is 2.18. The van der Waals surface area contributed by atoms with Gasteiger partial charge >= 0.3 is 6.09 Å². The van der Waals surface area contributed by atoms with Gasteiger partial charge in [0.25, 0.3) is 0 Å². The van der Waals surface area contributed by atoms with Crippen LogP contribution in [0.1, 0.15) is 27.9 Å². The second-order valence-electron chi connectivity index (χ2n) is 5.29. The Morgan fingerprint density at radius 1 is 1.12 bits per heavy atom. The number of amides is 1. The molecule has 0 bridgehead atoms. The van der Waals surface area contributed by atoms with E-state index in [0.29, 0.717) is 24.3 Å². The van der Waals surface area contributed by atoms with Gasteiger partial charge in [0, 0.05) is 12.1 Å². The Morgan fingerprint density at radius 3 is 2.64 bits per heavy atom. The number of benzene rings is 2. The highest BCUT2D eigenvalue weighted by atomic mass is 16.5. The third-order valence-corrected chi connectivity index (χ3v) is 3.51. The Bertz CT molecular complexity index is 726. The smallest absolute Gasteiger partial charge is 0.407 e. The van der Waals surface area contributed by atoms with E-state index in [1.54, 1.807) is 19.2 Å². The molecule has 0 aliphatic carbocycles. The predicted molar refractivity (Wildman–Crippen MR) is 96.7 cm³/mol. The van der Waals surface area contributed by atoms with Crippen LogP contribution in [0.25, 0.3) is 6.08 Å². The topological polar surface area (TPSA) is 64.6 Å². The fourth-order valence-electron chi connectivity index (χ4n) is 2.18. The summed E-state index contributed by atoms with van der Waals surface area (Å²) in [6, 6.07) is 14.8. The van der Waals surface area contributed by atoms with Crippen LogP contribution in [0.4, 0.5) is 4.79 Å². The fraction of sp³-hybridized carbons (Fsp3) is 0.200. The molecule has 1 amide bonds. The molecule has 1 N–H and O–H groups in total. The summed E-state index contributed by atoms with van der Waals surface area (Å²) in [5, 5.41) is 2.68. The highest BCUT2D eigenvalue weighted by Crippen LogP contribution is 2.17. The summed E-state index contributed by atoms with van der Waals surface area (Å²) in [6.45, 7) is 0.702. The molecule has 5 heteroatoms. The molecule has 5 nitrogen and oxygen atoms in total. The van der Waals surface area contributed by atoms with Crippen molar-refractivity contribution in [3.05, 3.63) is 71.3 Å². The maximum absolute atomic E-state index is 11.6. The molecule has 2 aromatic carbocycles. The summed E-state index contributed by atoms with van der Waals surface area (Å²) < 4.78 is 10.2. The summed E-state index contributed by atoms with van der Waals surface area (Å²) in [4.78, 5) is 22.7. The van der Waals surface area contributed by atoms with Gasteiger partial charge in [0.05, 0.1) is 7.11 Å². The van der Waals surface area contributed by atoms with E-state index in [9.17, 15) is 9.59 Å². The zero-order valence-electron chi connectivity index (χ0n) is 14.1. The number of methoxy groups -OCH3 is 1. The lowest BCUT2D eigenvalue weighted by molar-refractivity contribution is 0.112. The average Bonchev–Trinajstić information content (AvgIpc) is 2.67. The molecule has 0 saturated carbocycles. The normalized spacial score (nSPS) is 10.4. The largest absolute Gasteiger partial charge is 0.497 e. The molecule has 130 valence electrons. The molecule has 0 radical (unpaired) electrons. The number of hydrogen-bond acceptors (Lipinski definition) is 4. The summed E-state index contributed by atoms with van der Waals surface area (Å²) >= 11 is 0. The van der Waals surface area contributed by atoms with E-state index in [1.807, 2.05) is 48.6 Å². The van der Waals surface area contributed by atoms with Crippen molar-refractivity contribution >= 4 is 18.5 Å². The third-order valence-electron chi connectivity index (χ3n) is 3.51. The van der Waals surface area contributed by atoms with Crippen LogP contribution in [-0.4, -0.2) is 26.0 Å². The van der Waals surface area contributed by atoms with Crippen LogP contribution < -0.4 is 10.1 Å². The first-order valence-electron chi connectivity index (χ1n) is 7.97. The van der Waals surface area contributed by atoms with Crippen LogP contribution in [-0.2, 0) is 11.3 Å². The van der Waals surface area contributed by atoms with E-state index in [2.05, 4.69) is 5.32 Å². The minimum Gasteiger partial charge on any atom is -0.497 e. The van der Waals surface area contributed by atoms with E-state index < -0.39 is 6.09 Å². The molecule has 0 unspecified atom stereocenters. The summed E-state index contributed by atoms with van der Waals surface area (Å²) in [5.74, 6) is 0.641. The molecule has 0 spiro atoms. The molecular formula is C20H21NO4. The Kier molecular flexibility index (Phi) is 7.25. The summed E-state index contributed by atoms with van der Waals surface area (Å²) in [5.41, 5.74) is 2.31. The lowest BCUT2D eigenvalue weighted by atomic mass is 10.1. The van der Waals surface area contributed by atoms with E-state index in [-0.39, 0.29) is 6.61 Å². The van der Waals surface area contributed by atoms with Crippen molar-refractivity contribution in [3.63, 3.8) is 0 Å². The van der Waals surface area contributed by atoms with Crippen molar-refractivity contribution in [1.29, 1.82) is 0 Å². The maximum atomic E-state index is 11.6. The van der Waals surface area contributed by atoms with Gasteiger partial charge in [-0.3, -0.25) is 4.79 Å². The van der Waals surface area contributed by atoms with Crippen molar-refractivity contribution in [2.24, 2.45) is 0 Å². The van der Waals surface area contributed by atoms with Crippen molar-refractivity contribution in [3.8, 4) is 5.75 Å². The van der Waals surface area contributed by atoms with Crippen LogP contribution in [0.3, 0.4) is 0 Å². The van der Waals surface area contributed by atoms with Crippen molar-refractivity contribution in [2.45, 2.75) is 13.0 Å². The van der Waals surface area contributed by atoms with Gasteiger partial charge in [0.2, 0.25) is 0 Å². The third kappa shape index (κ3) is 6.14. The number of rotatable bonds is 8. The lowest BCUT2D eigenvalue weighted by Crippen LogP contribution is -2.24. The molecule has 0 aliphatic rings. The molecule has 25 heavy (non-hydrogen) atoms. The molecule has 0 aliphatic heterocycles. The number of carbonyl (C=O) groups is 2. The van der Waals surface area contributed by atoms with Crippen LogP contribution in [0.15, 0.2) is 54.6 Å². The quantitative estimate of drug-likeness (QED) is 0.586. The molecule has 0 atom stereocenters. The van der Waals surface area contributed by atoms with Gasteiger partial charge in [0.15, 0.2) is 6.29 Å². The first kappa shape index (κ1) is 18.3.